The summed E-state index contributed by atoms with van der Waals surface area (Å²) in [5.41, 5.74) is 2.87. The lowest BCUT2D eigenvalue weighted by atomic mass is 9.89. The summed E-state index contributed by atoms with van der Waals surface area (Å²) >= 11 is 0. The Kier molecular flexibility index (Phi) is 6.88. The van der Waals surface area contributed by atoms with Crippen LogP contribution in [0.2, 0.25) is 0 Å². The zero-order chi connectivity index (χ0) is 18.2. The van der Waals surface area contributed by atoms with Crippen molar-refractivity contribution in [2.75, 3.05) is 52.6 Å². The van der Waals surface area contributed by atoms with Crippen LogP contribution in [0.3, 0.4) is 0 Å². The van der Waals surface area contributed by atoms with E-state index in [0.29, 0.717) is 6.54 Å². The zero-order valence-electron chi connectivity index (χ0n) is 16.1. The van der Waals surface area contributed by atoms with Gasteiger partial charge in [0.25, 0.3) is 0 Å². The minimum Gasteiger partial charge on any atom is -0.380 e. The van der Waals surface area contributed by atoms with Crippen molar-refractivity contribution < 1.29 is 9.47 Å². The first kappa shape index (κ1) is 19.1. The third-order valence-electron chi connectivity index (χ3n) is 4.95. The van der Waals surface area contributed by atoms with Crippen molar-refractivity contribution in [2.24, 2.45) is 10.4 Å². The summed E-state index contributed by atoms with van der Waals surface area (Å²) in [5.74, 6) is 0.877. The van der Waals surface area contributed by atoms with Crippen LogP contribution in [0.25, 0.3) is 0 Å². The molecule has 0 atom stereocenters. The van der Waals surface area contributed by atoms with Gasteiger partial charge in [-0.1, -0.05) is 31.2 Å². The van der Waals surface area contributed by atoms with Crippen molar-refractivity contribution in [3.05, 3.63) is 35.4 Å². The van der Waals surface area contributed by atoms with E-state index in [2.05, 4.69) is 53.6 Å². The van der Waals surface area contributed by atoms with Gasteiger partial charge in [0.15, 0.2) is 5.96 Å². The number of nitrogens with one attached hydrogen (secondary N) is 2. The second-order valence-corrected chi connectivity index (χ2v) is 7.51. The Bertz CT molecular complexity index is 595. The average Bonchev–Trinajstić information content (AvgIpc) is 2.64. The van der Waals surface area contributed by atoms with Crippen LogP contribution < -0.4 is 10.6 Å². The van der Waals surface area contributed by atoms with E-state index in [1.54, 1.807) is 0 Å². The third kappa shape index (κ3) is 5.43. The van der Waals surface area contributed by atoms with Gasteiger partial charge in [-0.3, -0.25) is 4.90 Å². The molecule has 1 aromatic carbocycles. The second kappa shape index (κ2) is 9.35. The Morgan fingerprint density at radius 3 is 2.50 bits per heavy atom. The highest BCUT2D eigenvalue weighted by atomic mass is 16.5. The minimum atomic E-state index is 0.227. The monoisotopic (exact) mass is 360 g/mol. The van der Waals surface area contributed by atoms with E-state index < -0.39 is 0 Å². The number of morpholine rings is 1. The maximum absolute atomic E-state index is 5.45. The highest BCUT2D eigenvalue weighted by molar-refractivity contribution is 5.79. The molecule has 0 bridgehead atoms. The van der Waals surface area contributed by atoms with Crippen LogP contribution in [0.5, 0.6) is 0 Å². The third-order valence-corrected chi connectivity index (χ3v) is 4.95. The minimum absolute atomic E-state index is 0.227. The van der Waals surface area contributed by atoms with E-state index in [0.717, 1.165) is 65.1 Å². The number of rotatable bonds is 7. The number of ether oxygens (including phenoxy) is 2. The molecular weight excluding hydrogens is 328 g/mol. The molecule has 0 aromatic heterocycles. The molecule has 1 aromatic rings. The van der Waals surface area contributed by atoms with E-state index in [-0.39, 0.29) is 5.41 Å². The fraction of sp³-hybridized carbons (Fsp3) is 0.650. The maximum atomic E-state index is 5.45. The van der Waals surface area contributed by atoms with Crippen LogP contribution >= 0.6 is 0 Å². The van der Waals surface area contributed by atoms with Crippen molar-refractivity contribution in [2.45, 2.75) is 26.9 Å². The normalized spacial score (nSPS) is 20.5. The number of aliphatic imine (C=N–C) groups is 1. The largest absolute Gasteiger partial charge is 0.380 e. The predicted octanol–water partition coefficient (Wildman–Crippen LogP) is 1.61. The zero-order valence-corrected chi connectivity index (χ0v) is 16.1. The van der Waals surface area contributed by atoms with Gasteiger partial charge in [-0.15, -0.1) is 0 Å². The maximum Gasteiger partial charge on any atom is 0.191 e. The molecule has 2 aliphatic rings. The fourth-order valence-electron chi connectivity index (χ4n) is 3.22. The summed E-state index contributed by atoms with van der Waals surface area (Å²) < 4.78 is 10.8. The molecule has 2 heterocycles. The van der Waals surface area contributed by atoms with Gasteiger partial charge in [-0.25, -0.2) is 4.99 Å². The fourth-order valence-corrected chi connectivity index (χ4v) is 3.22. The van der Waals surface area contributed by atoms with E-state index >= 15 is 0 Å². The molecule has 26 heavy (non-hydrogen) atoms. The summed E-state index contributed by atoms with van der Waals surface area (Å²) in [6, 6.07) is 8.61. The van der Waals surface area contributed by atoms with Gasteiger partial charge < -0.3 is 20.1 Å². The highest BCUT2D eigenvalue weighted by Crippen LogP contribution is 2.25. The molecule has 6 heteroatoms. The van der Waals surface area contributed by atoms with E-state index in [1.165, 1.54) is 11.1 Å². The lowest BCUT2D eigenvalue weighted by molar-refractivity contribution is -0.0971. The van der Waals surface area contributed by atoms with Crippen LogP contribution in [0.15, 0.2) is 29.3 Å². The van der Waals surface area contributed by atoms with Crippen molar-refractivity contribution in [1.29, 1.82) is 0 Å². The topological polar surface area (TPSA) is 58.1 Å². The summed E-state index contributed by atoms with van der Waals surface area (Å²) in [5, 5.41) is 6.81. The van der Waals surface area contributed by atoms with Crippen molar-refractivity contribution in [1.82, 2.24) is 15.5 Å². The molecule has 144 valence electrons. The van der Waals surface area contributed by atoms with E-state index in [1.807, 2.05) is 0 Å². The average molecular weight is 361 g/mol. The quantitative estimate of drug-likeness (QED) is 0.572. The van der Waals surface area contributed by atoms with Gasteiger partial charge >= 0.3 is 0 Å². The molecular formula is C20H32N4O2. The molecule has 0 spiro atoms. The van der Waals surface area contributed by atoms with Gasteiger partial charge in [0.05, 0.1) is 33.0 Å². The predicted molar refractivity (Wildman–Crippen MR) is 104 cm³/mol. The highest BCUT2D eigenvalue weighted by Gasteiger charge is 2.33. The number of nitrogens with zero attached hydrogens (tertiary/aromatic N) is 2. The molecule has 0 saturated carbocycles. The summed E-state index contributed by atoms with van der Waals surface area (Å²) in [6.45, 7) is 13.0. The Balaban J connectivity index is 1.60. The van der Waals surface area contributed by atoms with Gasteiger partial charge in [0, 0.05) is 38.1 Å². The van der Waals surface area contributed by atoms with Crippen molar-refractivity contribution in [3.8, 4) is 0 Å². The van der Waals surface area contributed by atoms with Gasteiger partial charge in [-0.05, 0) is 18.1 Å². The lowest BCUT2D eigenvalue weighted by Crippen LogP contribution is -2.51. The van der Waals surface area contributed by atoms with Crippen molar-refractivity contribution >= 4 is 5.96 Å². The van der Waals surface area contributed by atoms with E-state index in [4.69, 9.17) is 14.5 Å². The second-order valence-electron chi connectivity index (χ2n) is 7.51. The molecule has 2 fully saturated rings. The van der Waals surface area contributed by atoms with Crippen LogP contribution in [-0.2, 0) is 22.6 Å². The van der Waals surface area contributed by atoms with Crippen LogP contribution in [-0.4, -0.2) is 63.5 Å². The standard InChI is InChI=1S/C20H32N4O2/c1-3-21-19(23-14-20(2)15-26-16-20)22-12-17-6-4-5-7-18(17)13-24-8-10-25-11-9-24/h4-7H,3,8-16H2,1-2H3,(H2,21,22,23). The Labute approximate surface area is 157 Å². The molecule has 0 unspecified atom stereocenters. The first-order valence-corrected chi connectivity index (χ1v) is 9.65. The molecule has 2 aliphatic heterocycles. The van der Waals surface area contributed by atoms with Crippen LogP contribution in [0.4, 0.5) is 0 Å². The van der Waals surface area contributed by atoms with Crippen LogP contribution in [0, 0.1) is 5.41 Å². The molecule has 2 saturated heterocycles. The Hall–Kier alpha value is -1.63. The van der Waals surface area contributed by atoms with Crippen molar-refractivity contribution in [3.63, 3.8) is 0 Å². The molecule has 0 radical (unpaired) electrons. The Morgan fingerprint density at radius 2 is 1.85 bits per heavy atom. The number of hydrogen-bond donors (Lipinski definition) is 2. The number of benzene rings is 1. The lowest BCUT2D eigenvalue weighted by Gasteiger charge is -2.38. The smallest absolute Gasteiger partial charge is 0.191 e. The summed E-state index contributed by atoms with van der Waals surface area (Å²) in [7, 11) is 0. The van der Waals surface area contributed by atoms with E-state index in [9.17, 15) is 0 Å². The summed E-state index contributed by atoms with van der Waals surface area (Å²) in [4.78, 5) is 7.26. The van der Waals surface area contributed by atoms with Crippen LogP contribution in [0.1, 0.15) is 25.0 Å². The van der Waals surface area contributed by atoms with Gasteiger partial charge in [-0.2, -0.15) is 0 Å². The molecule has 6 nitrogen and oxygen atoms in total. The molecule has 0 amide bonds. The van der Waals surface area contributed by atoms with Gasteiger partial charge in [0.2, 0.25) is 0 Å². The molecule has 0 aliphatic carbocycles. The number of guanidine groups is 1. The first-order chi connectivity index (χ1) is 12.7. The SMILES string of the molecule is CCNC(=NCc1ccccc1CN1CCOCC1)NCC1(C)COC1. The molecule has 2 N–H and O–H groups in total. The Morgan fingerprint density at radius 1 is 1.12 bits per heavy atom. The van der Waals surface area contributed by atoms with Gasteiger partial charge in [0.1, 0.15) is 0 Å². The summed E-state index contributed by atoms with van der Waals surface area (Å²) in [6.07, 6.45) is 0. The number of hydrogen-bond acceptors (Lipinski definition) is 4. The molecule has 3 rings (SSSR count). The first-order valence-electron chi connectivity index (χ1n) is 9.65.